The first-order valence-electron chi connectivity index (χ1n) is 9.94. The number of aryl methyl sites for hydroxylation is 3. The summed E-state index contributed by atoms with van der Waals surface area (Å²) in [7, 11) is 1.75. The average molecular weight is 452 g/mol. The molecule has 11 heteroatoms. The summed E-state index contributed by atoms with van der Waals surface area (Å²) in [6, 6.07) is 12.4. The lowest BCUT2D eigenvalue weighted by Gasteiger charge is -2.09. The molecule has 0 aliphatic heterocycles. The summed E-state index contributed by atoms with van der Waals surface area (Å²) in [5, 5.41) is 22.6. The van der Waals surface area contributed by atoms with Crippen molar-refractivity contribution in [1.29, 1.82) is 0 Å². The highest BCUT2D eigenvalue weighted by Crippen LogP contribution is 2.34. The van der Waals surface area contributed by atoms with Crippen LogP contribution >= 0.6 is 11.8 Å². The van der Waals surface area contributed by atoms with Crippen molar-refractivity contribution >= 4 is 34.4 Å². The number of carbonyl (C=O) groups is 1. The largest absolute Gasteiger partial charge is 0.352 e. The van der Waals surface area contributed by atoms with E-state index in [0.29, 0.717) is 29.6 Å². The van der Waals surface area contributed by atoms with Gasteiger partial charge in [-0.15, -0.1) is 10.2 Å². The number of nitro groups is 1. The van der Waals surface area contributed by atoms with Crippen molar-refractivity contribution in [3.05, 3.63) is 70.3 Å². The number of hydrogen-bond acceptors (Lipinski definition) is 7. The van der Waals surface area contributed by atoms with Gasteiger partial charge in [-0.3, -0.25) is 14.9 Å². The zero-order valence-corrected chi connectivity index (χ0v) is 18.4. The molecule has 164 valence electrons. The summed E-state index contributed by atoms with van der Waals surface area (Å²) < 4.78 is 3.78. The van der Waals surface area contributed by atoms with Gasteiger partial charge in [0.15, 0.2) is 5.16 Å². The Morgan fingerprint density at radius 2 is 2.06 bits per heavy atom. The van der Waals surface area contributed by atoms with Gasteiger partial charge < -0.3 is 14.5 Å². The lowest BCUT2D eigenvalue weighted by molar-refractivity contribution is -0.387. The minimum atomic E-state index is -0.498. The van der Waals surface area contributed by atoms with Gasteiger partial charge in [0.2, 0.25) is 0 Å². The fourth-order valence-electron chi connectivity index (χ4n) is 3.37. The molecule has 10 nitrogen and oxygen atoms in total. The van der Waals surface area contributed by atoms with Crippen LogP contribution in [0.5, 0.6) is 0 Å². The topological polar surface area (TPSA) is 121 Å². The maximum Gasteiger partial charge on any atom is 0.284 e. The van der Waals surface area contributed by atoms with Crippen LogP contribution in [0.2, 0.25) is 0 Å². The third kappa shape index (κ3) is 4.47. The highest BCUT2D eigenvalue weighted by Gasteiger charge is 2.20. The Morgan fingerprint density at radius 1 is 1.25 bits per heavy atom. The summed E-state index contributed by atoms with van der Waals surface area (Å²) in [6.07, 6.45) is 2.22. The van der Waals surface area contributed by atoms with E-state index in [0.717, 1.165) is 28.6 Å². The standard InChI is InChI=1S/C21H21N7O3S/c1-14-24-16-6-3-4-7-17(16)27(14)11-5-10-22-20(29)15-8-9-19(18(12-15)28(30)31)32-21-25-23-13-26(21)2/h3-4,6-9,12-13H,5,10-11H2,1-2H3,(H,22,29). The Kier molecular flexibility index (Phi) is 6.17. The molecular formula is C21H21N7O3S. The van der Waals surface area contributed by atoms with Gasteiger partial charge in [-0.2, -0.15) is 0 Å². The number of aromatic nitrogens is 5. The molecule has 0 spiro atoms. The maximum atomic E-state index is 12.6. The fraction of sp³-hybridized carbons (Fsp3) is 0.238. The normalized spacial score (nSPS) is 11.1. The van der Waals surface area contributed by atoms with Crippen LogP contribution in [-0.4, -0.2) is 41.7 Å². The van der Waals surface area contributed by atoms with Gasteiger partial charge in [-0.1, -0.05) is 12.1 Å². The van der Waals surface area contributed by atoms with Crippen molar-refractivity contribution in [3.8, 4) is 0 Å². The molecule has 2 aromatic heterocycles. The summed E-state index contributed by atoms with van der Waals surface area (Å²) in [5.74, 6) is 0.569. The average Bonchev–Trinajstić information content (AvgIpc) is 3.33. The number of amides is 1. The third-order valence-electron chi connectivity index (χ3n) is 4.98. The van der Waals surface area contributed by atoms with Crippen LogP contribution in [0.25, 0.3) is 11.0 Å². The van der Waals surface area contributed by atoms with Crippen LogP contribution in [0.15, 0.2) is 58.8 Å². The molecular weight excluding hydrogens is 430 g/mol. The van der Waals surface area contributed by atoms with Crippen LogP contribution in [-0.2, 0) is 13.6 Å². The maximum absolute atomic E-state index is 12.6. The molecule has 0 fully saturated rings. The van der Waals surface area contributed by atoms with Crippen molar-refractivity contribution in [2.24, 2.45) is 7.05 Å². The number of nitro benzene ring substituents is 1. The van der Waals surface area contributed by atoms with Gasteiger partial charge in [0.1, 0.15) is 12.2 Å². The number of nitrogens with one attached hydrogen (secondary N) is 1. The first kappa shape index (κ1) is 21.5. The van der Waals surface area contributed by atoms with Gasteiger partial charge in [0.05, 0.1) is 20.9 Å². The Balaban J connectivity index is 1.39. The second-order valence-corrected chi connectivity index (χ2v) is 8.18. The number of rotatable bonds is 8. The van der Waals surface area contributed by atoms with E-state index in [4.69, 9.17) is 0 Å². The summed E-state index contributed by atoms with van der Waals surface area (Å²) in [5.41, 5.74) is 2.10. The Morgan fingerprint density at radius 3 is 2.81 bits per heavy atom. The van der Waals surface area contributed by atoms with E-state index in [1.165, 1.54) is 12.4 Å². The first-order chi connectivity index (χ1) is 15.4. The molecule has 0 unspecified atom stereocenters. The number of benzene rings is 2. The first-order valence-corrected chi connectivity index (χ1v) is 10.8. The lowest BCUT2D eigenvalue weighted by atomic mass is 10.2. The number of carbonyl (C=O) groups excluding carboxylic acids is 1. The SMILES string of the molecule is Cc1nc2ccccc2n1CCCNC(=O)c1ccc(Sc2nncn2C)c([N+](=O)[O-])c1. The van der Waals surface area contributed by atoms with Crippen molar-refractivity contribution in [2.75, 3.05) is 6.54 Å². The van der Waals surface area contributed by atoms with Gasteiger partial charge in [-0.25, -0.2) is 4.98 Å². The molecule has 0 atom stereocenters. The van der Waals surface area contributed by atoms with Crippen molar-refractivity contribution < 1.29 is 9.72 Å². The summed E-state index contributed by atoms with van der Waals surface area (Å²) >= 11 is 1.13. The molecule has 0 aliphatic rings. The molecule has 0 saturated carbocycles. The minimum absolute atomic E-state index is 0.147. The molecule has 32 heavy (non-hydrogen) atoms. The zero-order valence-electron chi connectivity index (χ0n) is 17.6. The molecule has 0 saturated heterocycles. The third-order valence-corrected chi connectivity index (χ3v) is 6.10. The molecule has 0 radical (unpaired) electrons. The van der Waals surface area contributed by atoms with Crippen molar-refractivity contribution in [2.45, 2.75) is 29.9 Å². The number of imidazole rings is 1. The van der Waals surface area contributed by atoms with E-state index >= 15 is 0 Å². The van der Waals surface area contributed by atoms with Crippen LogP contribution in [0, 0.1) is 17.0 Å². The Bertz CT molecular complexity index is 1300. The molecule has 2 heterocycles. The Labute approximate surface area is 187 Å². The Hall–Kier alpha value is -3.73. The molecule has 4 rings (SSSR count). The number of para-hydroxylation sites is 2. The zero-order chi connectivity index (χ0) is 22.7. The quantitative estimate of drug-likeness (QED) is 0.248. The number of hydrogen-bond donors (Lipinski definition) is 1. The van der Waals surface area contributed by atoms with E-state index in [1.807, 2.05) is 31.2 Å². The predicted molar refractivity (Wildman–Crippen MR) is 120 cm³/mol. The second-order valence-electron chi connectivity index (χ2n) is 7.17. The lowest BCUT2D eigenvalue weighted by Crippen LogP contribution is -2.25. The van der Waals surface area contributed by atoms with Gasteiger partial charge in [0.25, 0.3) is 11.6 Å². The molecule has 2 aromatic carbocycles. The van der Waals surface area contributed by atoms with E-state index in [1.54, 1.807) is 23.7 Å². The van der Waals surface area contributed by atoms with Crippen LogP contribution in [0.1, 0.15) is 22.6 Å². The van der Waals surface area contributed by atoms with Crippen molar-refractivity contribution in [1.82, 2.24) is 29.6 Å². The van der Waals surface area contributed by atoms with Crippen molar-refractivity contribution in [3.63, 3.8) is 0 Å². The van der Waals surface area contributed by atoms with Crippen LogP contribution < -0.4 is 5.32 Å². The van der Waals surface area contributed by atoms with Crippen LogP contribution in [0.4, 0.5) is 5.69 Å². The van der Waals surface area contributed by atoms with E-state index < -0.39 is 4.92 Å². The van der Waals surface area contributed by atoms with Gasteiger partial charge in [-0.05, 0) is 49.4 Å². The molecule has 0 bridgehead atoms. The highest BCUT2D eigenvalue weighted by atomic mass is 32.2. The monoisotopic (exact) mass is 451 g/mol. The smallest absolute Gasteiger partial charge is 0.284 e. The fourth-order valence-corrected chi connectivity index (χ4v) is 4.22. The molecule has 1 N–H and O–H groups in total. The highest BCUT2D eigenvalue weighted by molar-refractivity contribution is 7.99. The summed E-state index contributed by atoms with van der Waals surface area (Å²) in [6.45, 7) is 3.10. The molecule has 1 amide bonds. The van der Waals surface area contributed by atoms with E-state index in [2.05, 4.69) is 25.1 Å². The van der Waals surface area contributed by atoms with Crippen LogP contribution in [0.3, 0.4) is 0 Å². The second kappa shape index (κ2) is 9.18. The molecule has 0 aliphatic carbocycles. The summed E-state index contributed by atoms with van der Waals surface area (Å²) in [4.78, 5) is 28.5. The van der Waals surface area contributed by atoms with Gasteiger partial charge >= 0.3 is 0 Å². The van der Waals surface area contributed by atoms with Gasteiger partial charge in [0, 0.05) is 31.8 Å². The number of fused-ring (bicyclic) bond motifs is 1. The predicted octanol–water partition coefficient (Wildman–Crippen LogP) is 3.35. The van der Waals surface area contributed by atoms with E-state index in [9.17, 15) is 14.9 Å². The van der Waals surface area contributed by atoms with E-state index in [-0.39, 0.29) is 17.2 Å². The number of nitrogens with zero attached hydrogens (tertiary/aromatic N) is 6. The molecule has 4 aromatic rings. The minimum Gasteiger partial charge on any atom is -0.352 e.